The lowest BCUT2D eigenvalue weighted by atomic mass is 9.94. The van der Waals surface area contributed by atoms with Gasteiger partial charge < -0.3 is 20.5 Å². The van der Waals surface area contributed by atoms with Gasteiger partial charge in [0.2, 0.25) is 5.91 Å². The van der Waals surface area contributed by atoms with Gasteiger partial charge in [-0.25, -0.2) is 0 Å². The van der Waals surface area contributed by atoms with Crippen molar-refractivity contribution in [2.75, 3.05) is 13.7 Å². The van der Waals surface area contributed by atoms with Crippen molar-refractivity contribution in [1.82, 2.24) is 5.32 Å². The minimum Gasteiger partial charge on any atom is -0.493 e. The normalized spacial score (nSPS) is 14.2. The Bertz CT molecular complexity index is 762. The molecular weight excluding hydrogens is 352 g/mol. The second-order valence-corrected chi connectivity index (χ2v) is 7.57. The Hall–Kier alpha value is -2.53. The van der Waals surface area contributed by atoms with Crippen molar-refractivity contribution in [2.24, 2.45) is 17.6 Å². The van der Waals surface area contributed by atoms with Crippen molar-refractivity contribution in [2.45, 2.75) is 39.8 Å². The van der Waals surface area contributed by atoms with Gasteiger partial charge in [0, 0.05) is 6.04 Å². The lowest BCUT2D eigenvalue weighted by Crippen LogP contribution is -2.36. The SMILES string of the molecule is COc1cc(C(C)NC(=O)C(C)C(N)c2ccccc2)ccc1OCC(C)C. The van der Waals surface area contributed by atoms with Crippen LogP contribution in [0.2, 0.25) is 0 Å². The summed E-state index contributed by atoms with van der Waals surface area (Å²) in [6.45, 7) is 8.61. The minimum atomic E-state index is -0.352. The molecule has 0 bridgehead atoms. The molecule has 5 nitrogen and oxygen atoms in total. The van der Waals surface area contributed by atoms with Crippen molar-refractivity contribution >= 4 is 5.91 Å². The average molecular weight is 385 g/mol. The third-order valence-corrected chi connectivity index (χ3v) is 4.76. The van der Waals surface area contributed by atoms with Gasteiger partial charge in [0.1, 0.15) is 0 Å². The maximum Gasteiger partial charge on any atom is 0.225 e. The van der Waals surface area contributed by atoms with Gasteiger partial charge in [0.05, 0.1) is 25.7 Å². The van der Waals surface area contributed by atoms with E-state index in [2.05, 4.69) is 19.2 Å². The maximum absolute atomic E-state index is 12.7. The summed E-state index contributed by atoms with van der Waals surface area (Å²) in [5.74, 6) is 1.37. The third-order valence-electron chi connectivity index (χ3n) is 4.76. The Labute approximate surface area is 168 Å². The lowest BCUT2D eigenvalue weighted by molar-refractivity contribution is -0.125. The summed E-state index contributed by atoms with van der Waals surface area (Å²) < 4.78 is 11.3. The largest absolute Gasteiger partial charge is 0.493 e. The summed E-state index contributed by atoms with van der Waals surface area (Å²) in [5, 5.41) is 3.05. The van der Waals surface area contributed by atoms with Crippen LogP contribution in [0.4, 0.5) is 0 Å². The molecule has 3 unspecified atom stereocenters. The van der Waals surface area contributed by atoms with Crippen LogP contribution in [0.25, 0.3) is 0 Å². The highest BCUT2D eigenvalue weighted by Gasteiger charge is 2.24. The van der Waals surface area contributed by atoms with Crippen LogP contribution in [0, 0.1) is 11.8 Å². The van der Waals surface area contributed by atoms with E-state index in [1.54, 1.807) is 7.11 Å². The fourth-order valence-electron chi connectivity index (χ4n) is 2.88. The Morgan fingerprint density at radius 1 is 1.00 bits per heavy atom. The van der Waals surface area contributed by atoms with Crippen LogP contribution in [0.3, 0.4) is 0 Å². The zero-order chi connectivity index (χ0) is 20.7. The summed E-state index contributed by atoms with van der Waals surface area (Å²) in [5.41, 5.74) is 8.18. The average Bonchev–Trinajstić information content (AvgIpc) is 2.71. The number of benzene rings is 2. The Kier molecular flexibility index (Phi) is 7.88. The first kappa shape index (κ1) is 21.8. The standard InChI is InChI=1S/C23H32N2O3/c1-15(2)14-28-20-12-11-19(13-21(20)27-5)17(4)25-23(26)16(3)22(24)18-9-7-6-8-10-18/h6-13,15-17,22H,14,24H2,1-5H3,(H,25,26). The topological polar surface area (TPSA) is 73.6 Å². The number of hydrogen-bond acceptors (Lipinski definition) is 4. The van der Waals surface area contributed by atoms with E-state index in [0.29, 0.717) is 24.0 Å². The van der Waals surface area contributed by atoms with Crippen LogP contribution in [-0.2, 0) is 4.79 Å². The second kappa shape index (κ2) is 10.1. The number of hydrogen-bond donors (Lipinski definition) is 2. The number of rotatable bonds is 9. The van der Waals surface area contributed by atoms with Gasteiger partial charge >= 0.3 is 0 Å². The number of carbonyl (C=O) groups excluding carboxylic acids is 1. The van der Waals surface area contributed by atoms with E-state index in [1.807, 2.05) is 62.4 Å². The molecule has 0 radical (unpaired) electrons. The molecule has 0 heterocycles. The predicted molar refractivity (Wildman–Crippen MR) is 112 cm³/mol. The van der Waals surface area contributed by atoms with Gasteiger partial charge in [-0.1, -0.05) is 57.2 Å². The Balaban J connectivity index is 2.04. The molecule has 0 fully saturated rings. The number of methoxy groups -OCH3 is 1. The number of ether oxygens (including phenoxy) is 2. The molecule has 1 amide bonds. The second-order valence-electron chi connectivity index (χ2n) is 7.57. The van der Waals surface area contributed by atoms with Crippen LogP contribution < -0.4 is 20.5 Å². The number of nitrogens with one attached hydrogen (secondary N) is 1. The van der Waals surface area contributed by atoms with Gasteiger partial charge in [-0.15, -0.1) is 0 Å². The summed E-state index contributed by atoms with van der Waals surface area (Å²) in [6.07, 6.45) is 0. The lowest BCUT2D eigenvalue weighted by Gasteiger charge is -2.23. The summed E-state index contributed by atoms with van der Waals surface area (Å²) in [4.78, 5) is 12.7. The van der Waals surface area contributed by atoms with Gasteiger partial charge in [0.25, 0.3) is 0 Å². The summed E-state index contributed by atoms with van der Waals surface area (Å²) in [7, 11) is 1.62. The van der Waals surface area contributed by atoms with Gasteiger partial charge in [-0.2, -0.15) is 0 Å². The fraction of sp³-hybridized carbons (Fsp3) is 0.435. The molecule has 5 heteroatoms. The summed E-state index contributed by atoms with van der Waals surface area (Å²) in [6, 6.07) is 14.9. The van der Waals surface area contributed by atoms with Gasteiger partial charge in [0.15, 0.2) is 11.5 Å². The highest BCUT2D eigenvalue weighted by atomic mass is 16.5. The molecule has 0 saturated carbocycles. The van der Waals surface area contributed by atoms with E-state index in [-0.39, 0.29) is 23.9 Å². The van der Waals surface area contributed by atoms with E-state index in [0.717, 1.165) is 11.1 Å². The van der Waals surface area contributed by atoms with Gasteiger partial charge in [-0.3, -0.25) is 4.79 Å². The van der Waals surface area contributed by atoms with Crippen LogP contribution in [0.1, 0.15) is 50.9 Å². The van der Waals surface area contributed by atoms with Crippen LogP contribution in [-0.4, -0.2) is 19.6 Å². The highest BCUT2D eigenvalue weighted by Crippen LogP contribution is 2.31. The fourth-order valence-corrected chi connectivity index (χ4v) is 2.88. The monoisotopic (exact) mass is 384 g/mol. The Morgan fingerprint density at radius 2 is 1.68 bits per heavy atom. The zero-order valence-electron chi connectivity index (χ0n) is 17.4. The molecule has 2 rings (SSSR count). The van der Waals surface area contributed by atoms with E-state index >= 15 is 0 Å². The third kappa shape index (κ3) is 5.73. The van der Waals surface area contributed by atoms with Crippen LogP contribution in [0.15, 0.2) is 48.5 Å². The van der Waals surface area contributed by atoms with Crippen molar-refractivity contribution < 1.29 is 14.3 Å². The first-order chi connectivity index (χ1) is 13.3. The molecule has 28 heavy (non-hydrogen) atoms. The van der Waals surface area contributed by atoms with Crippen molar-refractivity contribution in [1.29, 1.82) is 0 Å². The van der Waals surface area contributed by atoms with Crippen molar-refractivity contribution in [3.63, 3.8) is 0 Å². The molecule has 2 aromatic carbocycles. The highest BCUT2D eigenvalue weighted by molar-refractivity contribution is 5.79. The van der Waals surface area contributed by atoms with E-state index in [9.17, 15) is 4.79 Å². The van der Waals surface area contributed by atoms with E-state index < -0.39 is 0 Å². The van der Waals surface area contributed by atoms with Gasteiger partial charge in [-0.05, 0) is 36.1 Å². The first-order valence-corrected chi connectivity index (χ1v) is 9.75. The smallest absolute Gasteiger partial charge is 0.225 e. The molecular formula is C23H32N2O3. The molecule has 0 aliphatic rings. The molecule has 3 atom stereocenters. The Morgan fingerprint density at radius 3 is 2.29 bits per heavy atom. The molecule has 0 aliphatic carbocycles. The number of carbonyl (C=O) groups is 1. The number of nitrogens with two attached hydrogens (primary N) is 1. The molecule has 3 N–H and O–H groups in total. The van der Waals surface area contributed by atoms with Crippen LogP contribution in [0.5, 0.6) is 11.5 Å². The maximum atomic E-state index is 12.7. The first-order valence-electron chi connectivity index (χ1n) is 9.75. The van der Waals surface area contributed by atoms with Crippen molar-refractivity contribution in [3.8, 4) is 11.5 Å². The molecule has 152 valence electrons. The zero-order valence-corrected chi connectivity index (χ0v) is 17.4. The van der Waals surface area contributed by atoms with Crippen molar-refractivity contribution in [3.05, 3.63) is 59.7 Å². The van der Waals surface area contributed by atoms with E-state index in [1.165, 1.54) is 0 Å². The molecule has 0 aliphatic heterocycles. The minimum absolute atomic E-state index is 0.0806. The number of amides is 1. The quantitative estimate of drug-likeness (QED) is 0.678. The predicted octanol–water partition coefficient (Wildman–Crippen LogP) is 4.24. The molecule has 0 spiro atoms. The molecule has 0 aromatic heterocycles. The van der Waals surface area contributed by atoms with Crippen LogP contribution >= 0.6 is 0 Å². The molecule has 0 saturated heterocycles. The molecule has 2 aromatic rings. The van der Waals surface area contributed by atoms with E-state index in [4.69, 9.17) is 15.2 Å². The summed E-state index contributed by atoms with van der Waals surface area (Å²) >= 11 is 0.